The van der Waals surface area contributed by atoms with Gasteiger partial charge in [-0.1, -0.05) is 29.7 Å². The number of nitrogens with zero attached hydrogens (tertiary/aromatic N) is 5. The molecule has 3 amide bonds. The van der Waals surface area contributed by atoms with Gasteiger partial charge < -0.3 is 20.3 Å². The largest absolute Gasteiger partial charge is 0.484 e. The third-order valence-electron chi connectivity index (χ3n) is 10.3. The van der Waals surface area contributed by atoms with E-state index >= 15 is 4.39 Å². The number of likely N-dealkylation sites (tertiary alicyclic amines) is 1. The normalized spacial score (nSPS) is 26.5. The number of halogens is 2. The average molecular weight is 601 g/mol. The molecule has 12 heteroatoms. The van der Waals surface area contributed by atoms with Crippen LogP contribution in [-0.4, -0.2) is 62.1 Å². The van der Waals surface area contributed by atoms with Crippen LogP contribution in [0.2, 0.25) is 5.02 Å². The molecule has 0 radical (unpaired) electrons. The summed E-state index contributed by atoms with van der Waals surface area (Å²) in [4.78, 5) is 43.8. The molecule has 1 unspecified atom stereocenters. The number of hydrogen-bond donors (Lipinski definition) is 1. The van der Waals surface area contributed by atoms with Crippen molar-refractivity contribution in [1.29, 1.82) is 0 Å². The molecule has 3 fully saturated rings. The lowest BCUT2D eigenvalue weighted by Gasteiger charge is -2.45. The van der Waals surface area contributed by atoms with Crippen molar-refractivity contribution < 1.29 is 23.5 Å². The molecule has 3 heterocycles. The Morgan fingerprint density at radius 2 is 2.02 bits per heavy atom. The number of primary amides is 1. The number of fused-ring (bicyclic) bond motifs is 1. The molecule has 6 rings (SSSR count). The van der Waals surface area contributed by atoms with Gasteiger partial charge in [0.1, 0.15) is 12.3 Å². The van der Waals surface area contributed by atoms with Gasteiger partial charge in [0.25, 0.3) is 0 Å². The molecule has 10 nitrogen and oxygen atoms in total. The van der Waals surface area contributed by atoms with Gasteiger partial charge in [0.15, 0.2) is 11.6 Å². The highest BCUT2D eigenvalue weighted by Gasteiger charge is 2.53. The molecule has 1 aromatic carbocycles. The van der Waals surface area contributed by atoms with Crippen molar-refractivity contribution in [3.8, 4) is 5.75 Å². The third-order valence-corrected chi connectivity index (χ3v) is 10.6. The summed E-state index contributed by atoms with van der Waals surface area (Å²) in [6.45, 7) is 4.73. The van der Waals surface area contributed by atoms with Gasteiger partial charge in [0.05, 0.1) is 23.1 Å². The Labute approximate surface area is 249 Å². The summed E-state index contributed by atoms with van der Waals surface area (Å²) in [6.07, 6.45) is 5.59. The highest BCUT2D eigenvalue weighted by Crippen LogP contribution is 2.54. The lowest BCUT2D eigenvalue weighted by Crippen LogP contribution is -2.54. The molecule has 2 saturated carbocycles. The number of carbonyl (C=O) groups is 3. The van der Waals surface area contributed by atoms with Gasteiger partial charge in [-0.25, -0.2) is 4.39 Å². The Morgan fingerprint density at radius 3 is 2.67 bits per heavy atom. The molecular weight excluding hydrogens is 563 g/mol. The third kappa shape index (κ3) is 4.83. The number of carbonyl (C=O) groups excluding carboxylic acids is 3. The maximum atomic E-state index is 15.8. The Balaban J connectivity index is 1.41. The molecule has 2 aromatic rings. The molecule has 0 bridgehead atoms. The fourth-order valence-electron chi connectivity index (χ4n) is 7.22. The SMILES string of the molecule is Cc1c(COc2c(F)cc(Cl)c3c2C(CN2CC4(CC4)CC2=O)N(C(=O)[C@@H]2CCCC[C@]2(C)C(N)=O)CC3)nnn1C. The van der Waals surface area contributed by atoms with Crippen molar-refractivity contribution in [3.05, 3.63) is 39.4 Å². The van der Waals surface area contributed by atoms with E-state index in [1.807, 2.05) is 6.92 Å². The van der Waals surface area contributed by atoms with E-state index in [9.17, 15) is 14.4 Å². The predicted octanol–water partition coefficient (Wildman–Crippen LogP) is 3.62. The molecule has 3 atom stereocenters. The topological polar surface area (TPSA) is 124 Å². The first-order valence-electron chi connectivity index (χ1n) is 14.8. The molecule has 2 N–H and O–H groups in total. The molecule has 2 aliphatic heterocycles. The van der Waals surface area contributed by atoms with E-state index < -0.39 is 29.1 Å². The van der Waals surface area contributed by atoms with E-state index in [1.54, 1.807) is 28.5 Å². The second-order valence-corrected chi connectivity index (χ2v) is 13.3. The van der Waals surface area contributed by atoms with Gasteiger partial charge in [0.2, 0.25) is 17.7 Å². The molecule has 42 heavy (non-hydrogen) atoms. The molecule has 226 valence electrons. The van der Waals surface area contributed by atoms with Gasteiger partial charge in [-0.15, -0.1) is 5.10 Å². The van der Waals surface area contributed by atoms with Crippen molar-refractivity contribution in [2.45, 2.75) is 77.9 Å². The minimum Gasteiger partial charge on any atom is -0.484 e. The van der Waals surface area contributed by atoms with E-state index in [0.717, 1.165) is 31.4 Å². The lowest BCUT2D eigenvalue weighted by molar-refractivity contribution is -0.152. The zero-order valence-electron chi connectivity index (χ0n) is 24.4. The fraction of sp³-hybridized carbons (Fsp3) is 0.633. The Morgan fingerprint density at radius 1 is 1.26 bits per heavy atom. The summed E-state index contributed by atoms with van der Waals surface area (Å²) in [7, 11) is 1.76. The second-order valence-electron chi connectivity index (χ2n) is 12.9. The summed E-state index contributed by atoms with van der Waals surface area (Å²) in [6, 6.07) is 0.545. The van der Waals surface area contributed by atoms with Crippen molar-refractivity contribution in [2.75, 3.05) is 19.6 Å². The van der Waals surface area contributed by atoms with Crippen LogP contribution in [0.4, 0.5) is 4.39 Å². The Bertz CT molecular complexity index is 1460. The Hall–Kier alpha value is -3.21. The summed E-state index contributed by atoms with van der Waals surface area (Å²) >= 11 is 6.63. The first-order valence-corrected chi connectivity index (χ1v) is 15.2. The van der Waals surface area contributed by atoms with Crippen LogP contribution >= 0.6 is 11.6 Å². The number of aryl methyl sites for hydroxylation is 1. The number of nitrogens with two attached hydrogens (primary N) is 1. The monoisotopic (exact) mass is 600 g/mol. The van der Waals surface area contributed by atoms with Gasteiger partial charge in [-0.05, 0) is 63.0 Å². The number of amides is 3. The lowest BCUT2D eigenvalue weighted by atomic mass is 9.66. The minimum atomic E-state index is -0.982. The zero-order chi connectivity index (χ0) is 30.0. The summed E-state index contributed by atoms with van der Waals surface area (Å²) in [5.41, 5.74) is 7.42. The van der Waals surface area contributed by atoms with Crippen molar-refractivity contribution in [3.63, 3.8) is 0 Å². The quantitative estimate of drug-likeness (QED) is 0.518. The van der Waals surface area contributed by atoms with Gasteiger partial charge in [-0.3, -0.25) is 19.1 Å². The fourth-order valence-corrected chi connectivity index (χ4v) is 7.52. The first kappa shape index (κ1) is 28.9. The molecule has 1 aromatic heterocycles. The van der Waals surface area contributed by atoms with Crippen LogP contribution in [-0.2, 0) is 34.5 Å². The van der Waals surface area contributed by atoms with Crippen molar-refractivity contribution in [1.82, 2.24) is 24.8 Å². The van der Waals surface area contributed by atoms with Gasteiger partial charge in [0, 0.05) is 43.7 Å². The van der Waals surface area contributed by atoms with Crippen LogP contribution in [0.1, 0.15) is 80.4 Å². The number of benzene rings is 1. The van der Waals surface area contributed by atoms with Gasteiger partial charge in [-0.2, -0.15) is 0 Å². The van der Waals surface area contributed by atoms with Crippen LogP contribution in [0, 0.1) is 29.5 Å². The molecule has 4 aliphatic rings. The van der Waals surface area contributed by atoms with Gasteiger partial charge >= 0.3 is 0 Å². The minimum absolute atomic E-state index is 0.00367. The molecule has 1 saturated heterocycles. The van der Waals surface area contributed by atoms with E-state index in [4.69, 9.17) is 22.1 Å². The predicted molar refractivity (Wildman–Crippen MR) is 152 cm³/mol. The highest BCUT2D eigenvalue weighted by atomic mass is 35.5. The smallest absolute Gasteiger partial charge is 0.227 e. The van der Waals surface area contributed by atoms with E-state index in [0.29, 0.717) is 55.6 Å². The summed E-state index contributed by atoms with van der Waals surface area (Å²) in [5, 5.41) is 8.41. The number of hydrogen-bond acceptors (Lipinski definition) is 6. The highest BCUT2D eigenvalue weighted by molar-refractivity contribution is 6.31. The number of ether oxygens (including phenoxy) is 1. The maximum absolute atomic E-state index is 15.8. The Kier molecular flexibility index (Phi) is 7.22. The molecular formula is C30H38ClFN6O4. The van der Waals surface area contributed by atoms with Crippen LogP contribution in [0.5, 0.6) is 5.75 Å². The average Bonchev–Trinajstić information content (AvgIpc) is 3.53. The van der Waals surface area contributed by atoms with Crippen molar-refractivity contribution >= 4 is 29.3 Å². The van der Waals surface area contributed by atoms with E-state index in [-0.39, 0.29) is 41.2 Å². The number of rotatable bonds is 7. The molecule has 1 spiro atoms. The number of aromatic nitrogens is 3. The van der Waals surface area contributed by atoms with Crippen LogP contribution in [0.15, 0.2) is 6.07 Å². The standard InChI is InChI=1S/C30H38ClFN6O4/c1-17-22(34-35-36(17)3)15-42-26-21(32)12-20(31)18-7-11-38(27(40)19-6-4-5-8-29(19,2)28(33)41)23(25(18)26)14-37-16-30(9-10-30)13-24(37)39/h12,19,23H,4-11,13-16H2,1-3H3,(H2,33,41)/t19-,23?,29-/m0/s1. The van der Waals surface area contributed by atoms with Crippen LogP contribution in [0.25, 0.3) is 0 Å². The van der Waals surface area contributed by atoms with E-state index in [1.165, 1.54) is 6.07 Å². The first-order chi connectivity index (χ1) is 19.9. The maximum Gasteiger partial charge on any atom is 0.227 e. The zero-order valence-corrected chi connectivity index (χ0v) is 25.2. The summed E-state index contributed by atoms with van der Waals surface area (Å²) < 4.78 is 23.5. The van der Waals surface area contributed by atoms with E-state index in [2.05, 4.69) is 10.3 Å². The van der Waals surface area contributed by atoms with Crippen LogP contribution < -0.4 is 10.5 Å². The van der Waals surface area contributed by atoms with Crippen molar-refractivity contribution in [2.24, 2.45) is 29.5 Å². The van der Waals surface area contributed by atoms with Crippen LogP contribution in [0.3, 0.4) is 0 Å². The summed E-state index contributed by atoms with van der Waals surface area (Å²) in [5.74, 6) is -1.91. The molecule has 2 aliphatic carbocycles. The second kappa shape index (κ2) is 10.5.